The van der Waals surface area contributed by atoms with Crippen molar-refractivity contribution in [2.75, 3.05) is 33.2 Å². The monoisotopic (exact) mass is 533 g/mol. The number of nitrogens with zero attached hydrogens (tertiary/aromatic N) is 2. The fourth-order valence-electron chi connectivity index (χ4n) is 3.56. The van der Waals surface area contributed by atoms with Crippen molar-refractivity contribution in [2.45, 2.75) is 9.79 Å². The quantitative estimate of drug-likeness (QED) is 0.344. The predicted molar refractivity (Wildman–Crippen MR) is 132 cm³/mol. The van der Waals surface area contributed by atoms with E-state index in [0.29, 0.717) is 0 Å². The number of aromatic nitrogens is 2. The van der Waals surface area contributed by atoms with Crippen molar-refractivity contribution in [1.82, 2.24) is 8.96 Å². The van der Waals surface area contributed by atoms with Gasteiger partial charge in [-0.25, -0.2) is 26.5 Å². The van der Waals surface area contributed by atoms with E-state index >= 15 is 0 Å². The molecule has 0 fully saturated rings. The highest BCUT2D eigenvalue weighted by Gasteiger charge is 2.31. The fourth-order valence-corrected chi connectivity index (χ4v) is 6.39. The zero-order valence-electron chi connectivity index (χ0n) is 19.8. The lowest BCUT2D eigenvalue weighted by Gasteiger charge is -2.16. The lowest BCUT2D eigenvalue weighted by molar-refractivity contribution is 0.392. The van der Waals surface area contributed by atoms with Crippen molar-refractivity contribution in [2.24, 2.45) is 0 Å². The number of hydrogen-bond acceptors (Lipinski definition) is 9. The van der Waals surface area contributed by atoms with Crippen LogP contribution in [0.15, 0.2) is 70.5 Å². The van der Waals surface area contributed by atoms with Crippen LogP contribution in [0.25, 0.3) is 11.0 Å². The average molecular weight is 534 g/mol. The lowest BCUT2D eigenvalue weighted by Crippen LogP contribution is -2.21. The highest BCUT2D eigenvalue weighted by Crippen LogP contribution is 2.35. The van der Waals surface area contributed by atoms with Crippen molar-refractivity contribution >= 4 is 37.0 Å². The molecule has 4 rings (SSSR count). The fraction of sp³-hybridized carbons (Fsp3) is 0.174. The second kappa shape index (κ2) is 9.59. The first-order valence-electron chi connectivity index (χ1n) is 10.4. The molecule has 1 heterocycles. The minimum atomic E-state index is -4.45. The third-order valence-corrected chi connectivity index (χ3v) is 8.37. The van der Waals surface area contributed by atoms with E-state index in [0.717, 1.165) is 3.97 Å². The molecule has 36 heavy (non-hydrogen) atoms. The van der Waals surface area contributed by atoms with Gasteiger partial charge in [-0.1, -0.05) is 12.1 Å². The first kappa shape index (κ1) is 25.1. The van der Waals surface area contributed by atoms with Crippen LogP contribution >= 0.6 is 0 Å². The van der Waals surface area contributed by atoms with Gasteiger partial charge in [0.05, 0.1) is 39.5 Å². The molecule has 0 aliphatic heterocycles. The molecule has 0 spiro atoms. The van der Waals surface area contributed by atoms with Crippen LogP contribution in [-0.4, -0.2) is 54.2 Å². The second-order valence-electron chi connectivity index (χ2n) is 7.33. The third-order valence-electron chi connectivity index (χ3n) is 5.29. The van der Waals surface area contributed by atoms with Crippen molar-refractivity contribution < 1.29 is 35.8 Å². The van der Waals surface area contributed by atoms with Crippen molar-refractivity contribution in [3.8, 4) is 23.0 Å². The van der Waals surface area contributed by atoms with Crippen LogP contribution in [0, 0.1) is 0 Å². The Bertz CT molecular complexity index is 1650. The number of benzene rings is 3. The number of rotatable bonds is 9. The van der Waals surface area contributed by atoms with Crippen LogP contribution in [0.5, 0.6) is 23.0 Å². The van der Waals surface area contributed by atoms with Gasteiger partial charge in [-0.15, -0.1) is 0 Å². The molecular formula is C23H23N3O8S2. The summed E-state index contributed by atoms with van der Waals surface area (Å²) >= 11 is 0. The Morgan fingerprint density at radius 2 is 1.28 bits per heavy atom. The summed E-state index contributed by atoms with van der Waals surface area (Å²) in [5.74, 6) is 0.145. The zero-order chi connectivity index (χ0) is 26.1. The SMILES string of the molecule is COc1ccc(OC)c(S(=O)(=O)Nc2nc3ccccc3n2S(=O)(=O)c2cc(OC)ccc2OC)c1. The molecule has 190 valence electrons. The Morgan fingerprint density at radius 3 is 1.86 bits per heavy atom. The van der Waals surface area contributed by atoms with Crippen LogP contribution in [-0.2, 0) is 20.0 Å². The number of hydrogen-bond donors (Lipinski definition) is 1. The van der Waals surface area contributed by atoms with Crippen LogP contribution in [0.4, 0.5) is 5.95 Å². The Morgan fingerprint density at radius 1 is 0.722 bits per heavy atom. The van der Waals surface area contributed by atoms with Gasteiger partial charge in [0.1, 0.15) is 32.8 Å². The molecule has 3 aromatic carbocycles. The molecule has 0 bridgehead atoms. The van der Waals surface area contributed by atoms with Gasteiger partial charge in [-0.2, -0.15) is 3.97 Å². The molecule has 0 atom stereocenters. The summed E-state index contributed by atoms with van der Waals surface area (Å²) in [4.78, 5) is 3.75. The Labute approximate surface area is 208 Å². The van der Waals surface area contributed by atoms with E-state index in [1.54, 1.807) is 24.3 Å². The zero-order valence-corrected chi connectivity index (χ0v) is 21.4. The summed E-state index contributed by atoms with van der Waals surface area (Å²) in [6, 6.07) is 14.8. The molecule has 0 unspecified atom stereocenters. The molecule has 1 aromatic heterocycles. The lowest BCUT2D eigenvalue weighted by atomic mass is 10.3. The molecule has 1 N–H and O–H groups in total. The number of fused-ring (bicyclic) bond motifs is 1. The van der Waals surface area contributed by atoms with Crippen LogP contribution in [0.3, 0.4) is 0 Å². The summed E-state index contributed by atoms with van der Waals surface area (Å²) in [6.45, 7) is 0. The number of sulfonamides is 1. The van der Waals surface area contributed by atoms with Gasteiger partial charge in [0.2, 0.25) is 5.95 Å². The van der Waals surface area contributed by atoms with E-state index in [-0.39, 0.29) is 43.8 Å². The van der Waals surface area contributed by atoms with Gasteiger partial charge >= 0.3 is 0 Å². The van der Waals surface area contributed by atoms with Gasteiger partial charge in [0.25, 0.3) is 20.0 Å². The summed E-state index contributed by atoms with van der Waals surface area (Å²) in [5, 5.41) is 0. The minimum absolute atomic E-state index is 0.0308. The maximum Gasteiger partial charge on any atom is 0.274 e. The smallest absolute Gasteiger partial charge is 0.274 e. The maximum absolute atomic E-state index is 13.9. The number of nitrogens with one attached hydrogen (secondary N) is 1. The van der Waals surface area contributed by atoms with E-state index < -0.39 is 26.0 Å². The predicted octanol–water partition coefficient (Wildman–Crippen LogP) is 3.11. The van der Waals surface area contributed by atoms with Crippen LogP contribution in [0.2, 0.25) is 0 Å². The van der Waals surface area contributed by atoms with E-state index in [1.165, 1.54) is 64.8 Å². The molecular weight excluding hydrogens is 510 g/mol. The van der Waals surface area contributed by atoms with Gasteiger partial charge in [-0.05, 0) is 36.4 Å². The van der Waals surface area contributed by atoms with E-state index in [2.05, 4.69) is 9.71 Å². The second-order valence-corrected chi connectivity index (χ2v) is 10.7. The van der Waals surface area contributed by atoms with E-state index in [9.17, 15) is 16.8 Å². The van der Waals surface area contributed by atoms with Gasteiger partial charge in [0, 0.05) is 12.1 Å². The normalized spacial score (nSPS) is 11.8. The van der Waals surface area contributed by atoms with Crippen LogP contribution < -0.4 is 23.7 Å². The number of methoxy groups -OCH3 is 4. The largest absolute Gasteiger partial charge is 0.497 e. The highest BCUT2D eigenvalue weighted by atomic mass is 32.2. The number of anilines is 1. The van der Waals surface area contributed by atoms with Crippen molar-refractivity contribution in [3.05, 3.63) is 60.7 Å². The maximum atomic E-state index is 13.9. The van der Waals surface area contributed by atoms with E-state index in [4.69, 9.17) is 18.9 Å². The number of para-hydroxylation sites is 2. The van der Waals surface area contributed by atoms with Crippen molar-refractivity contribution in [1.29, 1.82) is 0 Å². The molecule has 0 saturated heterocycles. The molecule has 11 nitrogen and oxygen atoms in total. The minimum Gasteiger partial charge on any atom is -0.497 e. The third kappa shape index (κ3) is 4.38. The topological polar surface area (TPSA) is 135 Å². The molecule has 13 heteroatoms. The molecule has 0 radical (unpaired) electrons. The molecule has 0 saturated carbocycles. The Hall–Kier alpha value is -3.97. The Kier molecular flexibility index (Phi) is 6.69. The van der Waals surface area contributed by atoms with Gasteiger partial charge in [-0.3, -0.25) is 0 Å². The molecule has 4 aromatic rings. The number of imidazole rings is 1. The number of ether oxygens (including phenoxy) is 4. The van der Waals surface area contributed by atoms with Crippen molar-refractivity contribution in [3.63, 3.8) is 0 Å². The summed E-state index contributed by atoms with van der Waals surface area (Å²) < 4.78 is 78.6. The molecule has 0 amide bonds. The van der Waals surface area contributed by atoms with Gasteiger partial charge in [0.15, 0.2) is 0 Å². The summed E-state index contributed by atoms with van der Waals surface area (Å²) in [5.41, 5.74) is 0.399. The van der Waals surface area contributed by atoms with E-state index in [1.807, 2.05) is 0 Å². The molecule has 0 aliphatic carbocycles. The first-order chi connectivity index (χ1) is 17.2. The Balaban J connectivity index is 1.95. The highest BCUT2D eigenvalue weighted by molar-refractivity contribution is 7.93. The average Bonchev–Trinajstić information content (AvgIpc) is 3.25. The summed E-state index contributed by atoms with van der Waals surface area (Å²) in [6.07, 6.45) is 0. The summed E-state index contributed by atoms with van der Waals surface area (Å²) in [7, 11) is -3.41. The van der Waals surface area contributed by atoms with Crippen LogP contribution in [0.1, 0.15) is 0 Å². The standard InChI is InChI=1S/C23H23N3O8S2/c1-31-15-9-11-19(33-3)21(13-15)35(27,28)25-23-24-17-7-5-6-8-18(17)26(23)36(29,30)22-14-16(32-2)10-12-20(22)34-4/h5-14H,1-4H3,(H,24,25). The van der Waals surface area contributed by atoms with Gasteiger partial charge < -0.3 is 18.9 Å². The first-order valence-corrected chi connectivity index (χ1v) is 13.3. The molecule has 0 aliphatic rings.